The summed E-state index contributed by atoms with van der Waals surface area (Å²) in [6, 6.07) is 20.3. The van der Waals surface area contributed by atoms with E-state index in [0.29, 0.717) is 5.66 Å². The highest BCUT2D eigenvalue weighted by Gasteiger charge is 2.13. The predicted octanol–water partition coefficient (Wildman–Crippen LogP) is 5.95. The molecule has 0 N–H and O–H groups in total. The summed E-state index contributed by atoms with van der Waals surface area (Å²) in [5.41, 5.74) is 2.14. The fraction of sp³-hybridized carbons (Fsp3) is 0.158. The van der Waals surface area contributed by atoms with Gasteiger partial charge in [0.1, 0.15) is 0 Å². The third-order valence-corrected chi connectivity index (χ3v) is 5.64. The zero-order valence-corrected chi connectivity index (χ0v) is 12.8. The van der Waals surface area contributed by atoms with E-state index in [1.807, 2.05) is 0 Å². The van der Waals surface area contributed by atoms with E-state index in [4.69, 9.17) is 0 Å². The van der Waals surface area contributed by atoms with Gasteiger partial charge in [0.25, 0.3) is 0 Å². The largest absolute Gasteiger partial charge is 0.118 e. The molecule has 4 aromatic carbocycles. The van der Waals surface area contributed by atoms with Crippen LogP contribution in [0.5, 0.6) is 0 Å². The normalized spacial score (nSPS) is 14.1. The molecule has 0 nitrogen and oxygen atoms in total. The Hall–Kier alpha value is -1.65. The van der Waals surface area contributed by atoms with Crippen molar-refractivity contribution in [2.24, 2.45) is 0 Å². The zero-order valence-electron chi connectivity index (χ0n) is 11.8. The molecule has 4 aromatic rings. The fourth-order valence-corrected chi connectivity index (χ4v) is 3.85. The van der Waals surface area contributed by atoms with Crippen molar-refractivity contribution in [2.75, 3.05) is 6.66 Å². The molecule has 0 saturated heterocycles. The minimum absolute atomic E-state index is 0.638. The molecule has 0 radical (unpaired) electrons. The highest BCUT2D eigenvalue weighted by atomic mass is 31.1. The molecule has 0 aliphatic rings. The van der Waals surface area contributed by atoms with Gasteiger partial charge in [0.2, 0.25) is 0 Å². The summed E-state index contributed by atoms with van der Waals surface area (Å²) < 4.78 is 0. The Morgan fingerprint density at radius 3 is 2.05 bits per heavy atom. The maximum atomic E-state index is 2.34. The Balaban J connectivity index is 2.26. The predicted molar refractivity (Wildman–Crippen MR) is 92.8 cm³/mol. The van der Waals surface area contributed by atoms with Gasteiger partial charge in [-0.2, -0.15) is 0 Å². The lowest BCUT2D eigenvalue weighted by Gasteiger charge is -2.17. The molecule has 20 heavy (non-hydrogen) atoms. The van der Waals surface area contributed by atoms with Crippen LogP contribution in [0.25, 0.3) is 32.3 Å². The second-order valence-electron chi connectivity index (χ2n) is 5.52. The third kappa shape index (κ3) is 1.58. The lowest BCUT2D eigenvalue weighted by Crippen LogP contribution is -1.91. The van der Waals surface area contributed by atoms with Gasteiger partial charge in [0, 0.05) is 0 Å². The smallest absolute Gasteiger partial charge is 0.00106 e. The maximum absolute atomic E-state index is 2.34. The van der Waals surface area contributed by atoms with Crippen LogP contribution in [-0.4, -0.2) is 6.66 Å². The van der Waals surface area contributed by atoms with Crippen LogP contribution >= 0.6 is 8.58 Å². The van der Waals surface area contributed by atoms with E-state index < -0.39 is 0 Å². The van der Waals surface area contributed by atoms with Crippen LogP contribution in [0.2, 0.25) is 0 Å². The summed E-state index contributed by atoms with van der Waals surface area (Å²) in [5, 5.41) is 8.38. The highest BCUT2D eigenvalue weighted by molar-refractivity contribution is 7.37. The first-order chi connectivity index (χ1) is 9.79. The van der Waals surface area contributed by atoms with E-state index in [1.54, 1.807) is 0 Å². The van der Waals surface area contributed by atoms with Gasteiger partial charge >= 0.3 is 0 Å². The molecule has 0 amide bonds. The molecule has 2 unspecified atom stereocenters. The molecule has 0 fully saturated rings. The van der Waals surface area contributed by atoms with Gasteiger partial charge in [0.05, 0.1) is 0 Å². The summed E-state index contributed by atoms with van der Waals surface area (Å²) in [4.78, 5) is 0. The molecule has 0 aliphatic heterocycles. The van der Waals surface area contributed by atoms with Gasteiger partial charge in [-0.1, -0.05) is 61.5 Å². The summed E-state index contributed by atoms with van der Waals surface area (Å²) in [5.74, 6) is 0. The monoisotopic (exact) mass is 276 g/mol. The molecule has 4 rings (SSSR count). The van der Waals surface area contributed by atoms with Crippen molar-refractivity contribution < 1.29 is 0 Å². The van der Waals surface area contributed by atoms with Gasteiger partial charge in [-0.15, -0.1) is 8.58 Å². The molecule has 0 heterocycles. The van der Waals surface area contributed by atoms with Crippen molar-refractivity contribution >= 4 is 40.9 Å². The minimum Gasteiger partial charge on any atom is -0.118 e. The third-order valence-electron chi connectivity index (χ3n) is 4.46. The number of hydrogen-bond donors (Lipinski definition) is 0. The average Bonchev–Trinajstić information content (AvgIpc) is 2.51. The second kappa shape index (κ2) is 4.43. The van der Waals surface area contributed by atoms with Crippen molar-refractivity contribution in [1.82, 2.24) is 0 Å². The van der Waals surface area contributed by atoms with E-state index in [9.17, 15) is 0 Å². The van der Waals surface area contributed by atoms with Gasteiger partial charge in [-0.3, -0.25) is 0 Å². The summed E-state index contributed by atoms with van der Waals surface area (Å²) in [6.07, 6.45) is 0. The quantitative estimate of drug-likeness (QED) is 0.313. The first kappa shape index (κ1) is 12.1. The van der Waals surface area contributed by atoms with E-state index in [2.05, 4.69) is 68.2 Å². The van der Waals surface area contributed by atoms with Crippen LogP contribution in [0.4, 0.5) is 0 Å². The highest BCUT2D eigenvalue weighted by Crippen LogP contribution is 2.41. The van der Waals surface area contributed by atoms with Gasteiger partial charge in [-0.25, -0.2) is 0 Å². The molecule has 0 aromatic heterocycles. The van der Waals surface area contributed by atoms with Crippen LogP contribution < -0.4 is 0 Å². The zero-order chi connectivity index (χ0) is 13.7. The number of benzene rings is 4. The van der Waals surface area contributed by atoms with Crippen LogP contribution in [0, 0.1) is 0 Å². The van der Waals surface area contributed by atoms with E-state index in [-0.39, 0.29) is 0 Å². The Bertz CT molecular complexity index is 892. The van der Waals surface area contributed by atoms with Crippen molar-refractivity contribution in [3.63, 3.8) is 0 Å². The lowest BCUT2D eigenvalue weighted by molar-refractivity contribution is 1.11. The first-order valence-electron chi connectivity index (χ1n) is 7.13. The molecule has 0 saturated carbocycles. The maximum Gasteiger partial charge on any atom is -0.00106 e. The summed E-state index contributed by atoms with van der Waals surface area (Å²) >= 11 is 0. The van der Waals surface area contributed by atoms with Gasteiger partial charge in [-0.05, 0) is 50.2 Å². The summed E-state index contributed by atoms with van der Waals surface area (Å²) in [7, 11) is 0.943. The van der Waals surface area contributed by atoms with Gasteiger partial charge < -0.3 is 0 Å². The Labute approximate surface area is 120 Å². The van der Waals surface area contributed by atoms with Crippen molar-refractivity contribution in [3.8, 4) is 0 Å². The fourth-order valence-electron chi connectivity index (χ4n) is 3.29. The van der Waals surface area contributed by atoms with E-state index in [0.717, 1.165) is 8.58 Å². The van der Waals surface area contributed by atoms with E-state index in [1.165, 1.54) is 37.9 Å². The first-order valence-corrected chi connectivity index (χ1v) is 8.71. The number of hydrogen-bond acceptors (Lipinski definition) is 0. The van der Waals surface area contributed by atoms with Crippen LogP contribution in [0.1, 0.15) is 18.1 Å². The molecular weight excluding hydrogens is 259 g/mol. The molecule has 2 atom stereocenters. The summed E-state index contributed by atoms with van der Waals surface area (Å²) in [6.45, 7) is 4.63. The van der Waals surface area contributed by atoms with E-state index >= 15 is 0 Å². The van der Waals surface area contributed by atoms with Crippen molar-refractivity contribution in [1.29, 1.82) is 0 Å². The molecule has 0 bridgehead atoms. The Kier molecular flexibility index (Phi) is 2.69. The molecule has 1 heteroatoms. The average molecular weight is 276 g/mol. The van der Waals surface area contributed by atoms with Crippen LogP contribution in [0.3, 0.4) is 0 Å². The van der Waals surface area contributed by atoms with Gasteiger partial charge in [0.15, 0.2) is 0 Å². The molecule has 0 aliphatic carbocycles. The second-order valence-corrected chi connectivity index (χ2v) is 6.96. The minimum atomic E-state index is 0.638. The standard InChI is InChI=1S/C19H17P/c1-12(20-2)16-10-8-15-7-6-13-4-3-5-14-9-11-17(16)19(15)18(13)14/h3-12,20H,1-2H3. The van der Waals surface area contributed by atoms with Crippen molar-refractivity contribution in [2.45, 2.75) is 12.6 Å². The molecule has 0 spiro atoms. The number of rotatable bonds is 2. The molecular formula is C19H17P. The Morgan fingerprint density at radius 1 is 0.750 bits per heavy atom. The SMILES string of the molecule is CPC(C)c1ccc2ccc3cccc4ccc1c2c34. The van der Waals surface area contributed by atoms with Crippen LogP contribution in [-0.2, 0) is 0 Å². The topological polar surface area (TPSA) is 0 Å². The lowest BCUT2D eigenvalue weighted by atomic mass is 9.91. The Morgan fingerprint density at radius 2 is 1.35 bits per heavy atom. The van der Waals surface area contributed by atoms with Crippen LogP contribution in [0.15, 0.2) is 54.6 Å². The van der Waals surface area contributed by atoms with Crippen molar-refractivity contribution in [3.05, 3.63) is 60.2 Å². The molecule has 98 valence electrons.